The molecule has 0 unspecified atom stereocenters. The summed E-state index contributed by atoms with van der Waals surface area (Å²) in [5.41, 5.74) is 1.41. The topological polar surface area (TPSA) is 20.2 Å². The van der Waals surface area contributed by atoms with Crippen LogP contribution in [0.1, 0.15) is 52.4 Å². The third-order valence-electron chi connectivity index (χ3n) is 2.19. The lowest BCUT2D eigenvalue weighted by Crippen LogP contribution is -1.85. The largest absolute Gasteiger partial charge is 0.392 e. The van der Waals surface area contributed by atoms with Gasteiger partial charge in [0.2, 0.25) is 0 Å². The minimum atomic E-state index is 0.205. The second-order valence-electron chi connectivity index (χ2n) is 3.21. The summed E-state index contributed by atoms with van der Waals surface area (Å²) in [5.74, 6) is 0. The molecule has 72 valence electrons. The van der Waals surface area contributed by atoms with E-state index in [2.05, 4.69) is 13.8 Å². The first-order valence-electron chi connectivity index (χ1n) is 5.13. The summed E-state index contributed by atoms with van der Waals surface area (Å²) >= 11 is 0. The summed E-state index contributed by atoms with van der Waals surface area (Å²) in [5, 5.41) is 8.69. The Kier molecular flexibility index (Phi) is 8.57. The molecule has 0 aliphatic heterocycles. The number of aliphatic hydroxyl groups is 1. The van der Waals surface area contributed by atoms with Gasteiger partial charge in [-0.15, -0.1) is 0 Å². The average Bonchev–Trinajstić information content (AvgIpc) is 2.10. The van der Waals surface area contributed by atoms with Gasteiger partial charge < -0.3 is 5.11 Å². The zero-order chi connectivity index (χ0) is 9.23. The van der Waals surface area contributed by atoms with E-state index < -0.39 is 0 Å². The Morgan fingerprint density at radius 1 is 1.17 bits per heavy atom. The Bertz CT molecular complexity index is 116. The van der Waals surface area contributed by atoms with Crippen LogP contribution in [0.4, 0.5) is 0 Å². The van der Waals surface area contributed by atoms with Crippen molar-refractivity contribution in [3.8, 4) is 0 Å². The van der Waals surface area contributed by atoms with Crippen LogP contribution in [0.3, 0.4) is 0 Å². The maximum Gasteiger partial charge on any atom is 0.0615 e. The quantitative estimate of drug-likeness (QED) is 0.459. The van der Waals surface area contributed by atoms with E-state index in [1.54, 1.807) is 0 Å². The lowest BCUT2D eigenvalue weighted by molar-refractivity contribution is 0.341. The van der Waals surface area contributed by atoms with Gasteiger partial charge in [-0.3, -0.25) is 0 Å². The summed E-state index contributed by atoms with van der Waals surface area (Å²) in [6, 6.07) is 0. The molecule has 0 bridgehead atoms. The Hall–Kier alpha value is -0.300. The summed E-state index contributed by atoms with van der Waals surface area (Å²) < 4.78 is 0. The van der Waals surface area contributed by atoms with Crippen LogP contribution in [-0.2, 0) is 0 Å². The normalized spacial score (nSPS) is 12.1. The van der Waals surface area contributed by atoms with Crippen molar-refractivity contribution >= 4 is 0 Å². The molecule has 0 radical (unpaired) electrons. The Morgan fingerprint density at radius 3 is 2.42 bits per heavy atom. The van der Waals surface area contributed by atoms with Crippen molar-refractivity contribution in [1.82, 2.24) is 0 Å². The highest BCUT2D eigenvalue weighted by molar-refractivity contribution is 5.00. The SMILES string of the molecule is CCCCCCC(=CCO)CC. The smallest absolute Gasteiger partial charge is 0.0615 e. The molecule has 1 heteroatoms. The molecule has 0 aromatic heterocycles. The van der Waals surface area contributed by atoms with Crippen LogP contribution in [0.5, 0.6) is 0 Å². The summed E-state index contributed by atoms with van der Waals surface area (Å²) in [7, 11) is 0. The van der Waals surface area contributed by atoms with Crippen LogP contribution in [0.25, 0.3) is 0 Å². The van der Waals surface area contributed by atoms with E-state index in [0.717, 1.165) is 6.42 Å². The molecule has 0 saturated heterocycles. The van der Waals surface area contributed by atoms with Gasteiger partial charge in [-0.2, -0.15) is 0 Å². The van der Waals surface area contributed by atoms with Crippen molar-refractivity contribution in [3.05, 3.63) is 11.6 Å². The standard InChI is InChI=1S/C11H22O/c1-3-5-6-7-8-11(4-2)9-10-12/h9,12H,3-8,10H2,1-2H3. The first-order chi connectivity index (χ1) is 5.85. The molecule has 0 amide bonds. The lowest BCUT2D eigenvalue weighted by atomic mass is 10.0. The van der Waals surface area contributed by atoms with E-state index in [9.17, 15) is 0 Å². The van der Waals surface area contributed by atoms with Gasteiger partial charge in [0.15, 0.2) is 0 Å². The first kappa shape index (κ1) is 11.7. The van der Waals surface area contributed by atoms with Crippen molar-refractivity contribution in [2.45, 2.75) is 52.4 Å². The molecule has 0 aromatic carbocycles. The third-order valence-corrected chi connectivity index (χ3v) is 2.19. The van der Waals surface area contributed by atoms with Crippen molar-refractivity contribution < 1.29 is 5.11 Å². The van der Waals surface area contributed by atoms with Gasteiger partial charge in [-0.1, -0.05) is 44.8 Å². The molecule has 1 N–H and O–H groups in total. The zero-order valence-electron chi connectivity index (χ0n) is 8.47. The maximum atomic E-state index is 8.69. The van der Waals surface area contributed by atoms with Crippen LogP contribution < -0.4 is 0 Å². The van der Waals surface area contributed by atoms with E-state index in [1.807, 2.05) is 6.08 Å². The highest BCUT2D eigenvalue weighted by Gasteiger charge is 1.93. The number of hydrogen-bond donors (Lipinski definition) is 1. The minimum Gasteiger partial charge on any atom is -0.392 e. The summed E-state index contributed by atoms with van der Waals surface area (Å²) in [4.78, 5) is 0. The van der Waals surface area contributed by atoms with Gasteiger partial charge in [-0.25, -0.2) is 0 Å². The van der Waals surface area contributed by atoms with Gasteiger partial charge in [0.05, 0.1) is 6.61 Å². The lowest BCUT2D eigenvalue weighted by Gasteiger charge is -2.03. The Morgan fingerprint density at radius 2 is 1.92 bits per heavy atom. The average molecular weight is 170 g/mol. The Labute approximate surface area is 76.5 Å². The number of unbranched alkanes of at least 4 members (excludes halogenated alkanes) is 3. The molecule has 0 saturated carbocycles. The second kappa shape index (κ2) is 8.79. The third kappa shape index (κ3) is 6.41. The predicted octanol–water partition coefficient (Wildman–Crippen LogP) is 3.29. The van der Waals surface area contributed by atoms with Gasteiger partial charge in [0.25, 0.3) is 0 Å². The first-order valence-corrected chi connectivity index (χ1v) is 5.13. The molecular formula is C11H22O. The van der Waals surface area contributed by atoms with E-state index in [1.165, 1.54) is 37.7 Å². The fourth-order valence-electron chi connectivity index (χ4n) is 1.33. The molecule has 0 rings (SSSR count). The monoisotopic (exact) mass is 170 g/mol. The van der Waals surface area contributed by atoms with Crippen LogP contribution in [-0.4, -0.2) is 11.7 Å². The fourth-order valence-corrected chi connectivity index (χ4v) is 1.33. The van der Waals surface area contributed by atoms with Gasteiger partial charge in [0, 0.05) is 0 Å². The molecule has 0 aliphatic rings. The van der Waals surface area contributed by atoms with E-state index in [-0.39, 0.29) is 6.61 Å². The number of allylic oxidation sites excluding steroid dienone is 1. The molecule has 0 aliphatic carbocycles. The van der Waals surface area contributed by atoms with E-state index in [4.69, 9.17) is 5.11 Å². The van der Waals surface area contributed by atoms with Crippen LogP contribution in [0.15, 0.2) is 11.6 Å². The van der Waals surface area contributed by atoms with Crippen molar-refractivity contribution in [3.63, 3.8) is 0 Å². The van der Waals surface area contributed by atoms with Gasteiger partial charge >= 0.3 is 0 Å². The van der Waals surface area contributed by atoms with Crippen molar-refractivity contribution in [2.75, 3.05) is 6.61 Å². The molecule has 0 fully saturated rings. The molecule has 0 aromatic rings. The molecule has 0 atom stereocenters. The van der Waals surface area contributed by atoms with E-state index >= 15 is 0 Å². The zero-order valence-corrected chi connectivity index (χ0v) is 8.47. The van der Waals surface area contributed by atoms with Crippen molar-refractivity contribution in [1.29, 1.82) is 0 Å². The molecule has 1 nitrogen and oxygen atoms in total. The summed E-state index contributed by atoms with van der Waals surface area (Å²) in [6.07, 6.45) is 9.48. The van der Waals surface area contributed by atoms with Crippen molar-refractivity contribution in [2.24, 2.45) is 0 Å². The number of rotatable bonds is 7. The molecular weight excluding hydrogens is 148 g/mol. The van der Waals surface area contributed by atoms with Gasteiger partial charge in [0.1, 0.15) is 0 Å². The Balaban J connectivity index is 3.38. The molecule has 0 spiro atoms. The van der Waals surface area contributed by atoms with Crippen LogP contribution in [0.2, 0.25) is 0 Å². The molecule has 0 heterocycles. The predicted molar refractivity (Wildman–Crippen MR) is 54.2 cm³/mol. The summed E-state index contributed by atoms with van der Waals surface area (Å²) in [6.45, 7) is 4.59. The highest BCUT2D eigenvalue weighted by atomic mass is 16.2. The molecule has 12 heavy (non-hydrogen) atoms. The second-order valence-corrected chi connectivity index (χ2v) is 3.21. The fraction of sp³-hybridized carbons (Fsp3) is 0.818. The van der Waals surface area contributed by atoms with Gasteiger partial charge in [-0.05, 0) is 19.3 Å². The van der Waals surface area contributed by atoms with Crippen LogP contribution in [0, 0.1) is 0 Å². The maximum absolute atomic E-state index is 8.69. The minimum absolute atomic E-state index is 0.205. The van der Waals surface area contributed by atoms with E-state index in [0.29, 0.717) is 0 Å². The van der Waals surface area contributed by atoms with Crippen LogP contribution >= 0.6 is 0 Å². The highest BCUT2D eigenvalue weighted by Crippen LogP contribution is 2.12. The number of aliphatic hydroxyl groups excluding tert-OH is 1. The number of hydrogen-bond acceptors (Lipinski definition) is 1.